The van der Waals surface area contributed by atoms with E-state index in [1.54, 1.807) is 0 Å². The molecule has 0 fully saturated rings. The van der Waals surface area contributed by atoms with Crippen LogP contribution in [0.25, 0.3) is 0 Å². The molecule has 0 aliphatic heterocycles. The van der Waals surface area contributed by atoms with Gasteiger partial charge in [-0.3, -0.25) is 4.79 Å². The molecule has 0 amide bonds. The first-order valence-corrected chi connectivity index (χ1v) is 20.8. The van der Waals surface area contributed by atoms with Gasteiger partial charge in [0.25, 0.3) is 0 Å². The fourth-order valence-electron chi connectivity index (χ4n) is 6.21. The second-order valence-corrected chi connectivity index (χ2v) is 14.1. The van der Waals surface area contributed by atoms with Gasteiger partial charge in [0.2, 0.25) is 0 Å². The molecule has 1 N–H and O–H groups in total. The van der Waals surface area contributed by atoms with Gasteiger partial charge in [0.1, 0.15) is 6.10 Å². The van der Waals surface area contributed by atoms with E-state index < -0.39 is 6.10 Å². The Morgan fingerprint density at radius 2 is 0.848 bits per heavy atom. The Hall–Kier alpha value is -0.870. The summed E-state index contributed by atoms with van der Waals surface area (Å²) in [6, 6.07) is 0. The Bertz CT molecular complexity index is 604. The molecule has 0 bridgehead atoms. The molecule has 0 aliphatic rings. The number of carbonyl (C=O) groups excluding carboxylic acids is 1. The van der Waals surface area contributed by atoms with Crippen LogP contribution >= 0.6 is 0 Å². The zero-order valence-corrected chi connectivity index (χ0v) is 31.4. The van der Waals surface area contributed by atoms with Gasteiger partial charge in [-0.15, -0.1) is 0 Å². The van der Waals surface area contributed by atoms with Crippen LogP contribution in [0.4, 0.5) is 0 Å². The molecule has 0 radical (unpaired) electrons. The molecule has 274 valence electrons. The summed E-state index contributed by atoms with van der Waals surface area (Å²) in [4.78, 5) is 12.2. The fourth-order valence-corrected chi connectivity index (χ4v) is 6.21. The van der Waals surface area contributed by atoms with Crippen molar-refractivity contribution in [3.63, 3.8) is 0 Å². The van der Waals surface area contributed by atoms with Crippen molar-refractivity contribution in [1.29, 1.82) is 0 Å². The summed E-state index contributed by atoms with van der Waals surface area (Å²) in [6.07, 6.45) is 46.9. The highest BCUT2D eigenvalue weighted by molar-refractivity contribution is 5.69. The van der Waals surface area contributed by atoms with Crippen molar-refractivity contribution >= 4 is 5.97 Å². The average molecular weight is 651 g/mol. The first-order valence-electron chi connectivity index (χ1n) is 20.8. The van der Waals surface area contributed by atoms with Gasteiger partial charge in [0.15, 0.2) is 0 Å². The van der Waals surface area contributed by atoms with E-state index in [1.165, 1.54) is 186 Å². The van der Waals surface area contributed by atoms with Crippen molar-refractivity contribution in [3.05, 3.63) is 12.2 Å². The Balaban J connectivity index is 3.38. The molecule has 4 nitrogen and oxygen atoms in total. The Morgan fingerprint density at radius 3 is 1.24 bits per heavy atom. The molecule has 0 spiro atoms. The molecule has 0 saturated heterocycles. The van der Waals surface area contributed by atoms with E-state index >= 15 is 0 Å². The minimum absolute atomic E-state index is 0.168. The summed E-state index contributed by atoms with van der Waals surface area (Å²) in [5.41, 5.74) is 0. The number of rotatable bonds is 39. The van der Waals surface area contributed by atoms with E-state index in [0.717, 1.165) is 19.3 Å². The highest BCUT2D eigenvalue weighted by atomic mass is 16.6. The standard InChI is InChI=1S/C42H82O4/c1-3-5-7-9-11-13-15-17-19-20-21-22-23-25-27-29-31-33-35-37-42(44)46-41(39-43)40-45-38-36-34-32-30-28-26-24-18-16-14-12-10-8-6-4-2/h16,18,41,43H,3-15,17,19-40H2,1-2H3/b18-16-. The summed E-state index contributed by atoms with van der Waals surface area (Å²) < 4.78 is 11.1. The maximum absolute atomic E-state index is 12.2. The first-order chi connectivity index (χ1) is 22.7. The molecule has 1 unspecified atom stereocenters. The highest BCUT2D eigenvalue weighted by Gasteiger charge is 2.13. The largest absolute Gasteiger partial charge is 0.457 e. The fraction of sp³-hybridized carbons (Fsp3) is 0.929. The summed E-state index contributed by atoms with van der Waals surface area (Å²) in [6.45, 7) is 5.36. The van der Waals surface area contributed by atoms with Crippen LogP contribution in [0.2, 0.25) is 0 Å². The van der Waals surface area contributed by atoms with Gasteiger partial charge in [0.05, 0.1) is 13.2 Å². The molecule has 46 heavy (non-hydrogen) atoms. The summed E-state index contributed by atoms with van der Waals surface area (Å²) in [7, 11) is 0. The van der Waals surface area contributed by atoms with Crippen LogP contribution in [0.15, 0.2) is 12.2 Å². The number of ether oxygens (including phenoxy) is 2. The molecule has 0 aromatic heterocycles. The third-order valence-corrected chi connectivity index (χ3v) is 9.34. The monoisotopic (exact) mass is 651 g/mol. The lowest BCUT2D eigenvalue weighted by Crippen LogP contribution is -2.27. The van der Waals surface area contributed by atoms with Crippen LogP contribution in [0.1, 0.15) is 226 Å². The molecular weight excluding hydrogens is 568 g/mol. The SMILES string of the molecule is CCCCCCC/C=C\CCCCCCCCOCC(CO)OC(=O)CCCCCCCCCCCCCCCCCCCCC. The van der Waals surface area contributed by atoms with Crippen LogP contribution in [-0.2, 0) is 14.3 Å². The summed E-state index contributed by atoms with van der Waals surface area (Å²) in [5.74, 6) is -0.198. The lowest BCUT2D eigenvalue weighted by molar-refractivity contribution is -0.154. The van der Waals surface area contributed by atoms with E-state index in [-0.39, 0.29) is 12.6 Å². The van der Waals surface area contributed by atoms with Crippen molar-refractivity contribution in [2.75, 3.05) is 19.8 Å². The molecular formula is C42H82O4. The highest BCUT2D eigenvalue weighted by Crippen LogP contribution is 2.15. The number of esters is 1. The predicted molar refractivity (Wildman–Crippen MR) is 201 cm³/mol. The van der Waals surface area contributed by atoms with E-state index in [1.807, 2.05) is 0 Å². The second-order valence-electron chi connectivity index (χ2n) is 14.1. The van der Waals surface area contributed by atoms with Crippen LogP contribution in [0, 0.1) is 0 Å². The zero-order chi connectivity index (χ0) is 33.4. The third-order valence-electron chi connectivity index (χ3n) is 9.34. The summed E-state index contributed by atoms with van der Waals surface area (Å²) in [5, 5.41) is 9.58. The Morgan fingerprint density at radius 1 is 0.500 bits per heavy atom. The molecule has 0 aromatic rings. The van der Waals surface area contributed by atoms with E-state index in [0.29, 0.717) is 19.6 Å². The van der Waals surface area contributed by atoms with Gasteiger partial charge >= 0.3 is 5.97 Å². The van der Waals surface area contributed by atoms with E-state index in [9.17, 15) is 9.90 Å². The average Bonchev–Trinajstić information content (AvgIpc) is 3.06. The van der Waals surface area contributed by atoms with Crippen molar-refractivity contribution < 1.29 is 19.4 Å². The number of allylic oxidation sites excluding steroid dienone is 2. The smallest absolute Gasteiger partial charge is 0.306 e. The van der Waals surface area contributed by atoms with Gasteiger partial charge < -0.3 is 14.6 Å². The van der Waals surface area contributed by atoms with Crippen LogP contribution in [-0.4, -0.2) is 37.0 Å². The normalized spacial score (nSPS) is 12.3. The van der Waals surface area contributed by atoms with Crippen molar-refractivity contribution in [2.45, 2.75) is 232 Å². The number of hydrogen-bond acceptors (Lipinski definition) is 4. The predicted octanol–water partition coefficient (Wildman–Crippen LogP) is 13.4. The number of unbranched alkanes of at least 4 members (excludes halogenated alkanes) is 29. The van der Waals surface area contributed by atoms with Crippen molar-refractivity contribution in [2.24, 2.45) is 0 Å². The number of aliphatic hydroxyl groups is 1. The molecule has 0 saturated carbocycles. The molecule has 0 heterocycles. The molecule has 0 rings (SSSR count). The van der Waals surface area contributed by atoms with Crippen molar-refractivity contribution in [1.82, 2.24) is 0 Å². The van der Waals surface area contributed by atoms with Crippen LogP contribution < -0.4 is 0 Å². The van der Waals surface area contributed by atoms with Gasteiger partial charge in [0, 0.05) is 13.0 Å². The van der Waals surface area contributed by atoms with E-state index in [4.69, 9.17) is 9.47 Å². The lowest BCUT2D eigenvalue weighted by atomic mass is 10.0. The lowest BCUT2D eigenvalue weighted by Gasteiger charge is -2.15. The molecule has 0 aromatic carbocycles. The topological polar surface area (TPSA) is 55.8 Å². The van der Waals surface area contributed by atoms with Gasteiger partial charge in [-0.25, -0.2) is 0 Å². The van der Waals surface area contributed by atoms with Crippen LogP contribution in [0.3, 0.4) is 0 Å². The van der Waals surface area contributed by atoms with Gasteiger partial charge in [-0.05, 0) is 38.5 Å². The molecule has 1 atom stereocenters. The van der Waals surface area contributed by atoms with E-state index in [2.05, 4.69) is 26.0 Å². The van der Waals surface area contributed by atoms with Crippen molar-refractivity contribution in [3.8, 4) is 0 Å². The molecule has 4 heteroatoms. The molecule has 0 aliphatic carbocycles. The quantitative estimate of drug-likeness (QED) is 0.0408. The second kappa shape index (κ2) is 40.3. The van der Waals surface area contributed by atoms with Crippen LogP contribution in [0.5, 0.6) is 0 Å². The van der Waals surface area contributed by atoms with Gasteiger partial charge in [-0.1, -0.05) is 193 Å². The minimum atomic E-state index is -0.530. The first kappa shape index (κ1) is 45.1. The Kier molecular flexibility index (Phi) is 39.5. The minimum Gasteiger partial charge on any atom is -0.457 e. The maximum Gasteiger partial charge on any atom is 0.306 e. The number of carbonyl (C=O) groups is 1. The number of hydrogen-bond donors (Lipinski definition) is 1. The maximum atomic E-state index is 12.2. The summed E-state index contributed by atoms with van der Waals surface area (Å²) >= 11 is 0. The zero-order valence-electron chi connectivity index (χ0n) is 31.4. The third kappa shape index (κ3) is 37.6. The number of aliphatic hydroxyl groups excluding tert-OH is 1. The Labute approximate surface area is 288 Å². The van der Waals surface area contributed by atoms with Gasteiger partial charge in [-0.2, -0.15) is 0 Å².